The zero-order valence-corrected chi connectivity index (χ0v) is 12.4. The number of rotatable bonds is 7. The van der Waals surface area contributed by atoms with Crippen LogP contribution >= 0.6 is 0 Å². The van der Waals surface area contributed by atoms with Crippen molar-refractivity contribution in [3.63, 3.8) is 0 Å². The van der Waals surface area contributed by atoms with E-state index in [1.165, 1.54) is 0 Å². The first kappa shape index (κ1) is 16.3. The van der Waals surface area contributed by atoms with Crippen LogP contribution < -0.4 is 10.6 Å². The van der Waals surface area contributed by atoms with Crippen LogP contribution in [0.25, 0.3) is 0 Å². The number of ether oxygens (including phenoxy) is 1. The van der Waals surface area contributed by atoms with Crippen LogP contribution in [0.4, 0.5) is 5.69 Å². The van der Waals surface area contributed by atoms with Gasteiger partial charge in [-0.2, -0.15) is 0 Å². The maximum atomic E-state index is 11.5. The lowest BCUT2D eigenvalue weighted by Crippen LogP contribution is -2.34. The quantitative estimate of drug-likeness (QED) is 0.743. The molecule has 5 heteroatoms. The van der Waals surface area contributed by atoms with E-state index in [1.54, 1.807) is 13.0 Å². The Kier molecular flexibility index (Phi) is 6.31. The predicted molar refractivity (Wildman–Crippen MR) is 80.0 cm³/mol. The molecule has 0 aliphatic heterocycles. The average molecular weight is 280 g/mol. The number of benzene rings is 1. The van der Waals surface area contributed by atoms with Crippen LogP contribution in [0.5, 0.6) is 5.75 Å². The van der Waals surface area contributed by atoms with E-state index < -0.39 is 12.0 Å². The van der Waals surface area contributed by atoms with Gasteiger partial charge < -0.3 is 20.5 Å². The molecule has 5 nitrogen and oxygen atoms in total. The maximum absolute atomic E-state index is 11.5. The zero-order chi connectivity index (χ0) is 15.1. The summed E-state index contributed by atoms with van der Waals surface area (Å²) in [4.78, 5) is 13.6. The van der Waals surface area contributed by atoms with Gasteiger partial charge in [-0.1, -0.05) is 6.07 Å². The second-order valence-corrected chi connectivity index (χ2v) is 4.55. The number of aromatic hydroxyl groups is 1. The Bertz CT molecular complexity index is 445. The van der Waals surface area contributed by atoms with Crippen LogP contribution in [0.1, 0.15) is 26.3 Å². The predicted octanol–water partition coefficient (Wildman–Crippen LogP) is 1.67. The van der Waals surface area contributed by atoms with Gasteiger partial charge in [0, 0.05) is 31.3 Å². The highest BCUT2D eigenvalue weighted by Gasteiger charge is 2.17. The van der Waals surface area contributed by atoms with Crippen molar-refractivity contribution < 1.29 is 14.6 Å². The summed E-state index contributed by atoms with van der Waals surface area (Å²) in [6, 6.07) is 4.70. The van der Waals surface area contributed by atoms with E-state index in [2.05, 4.69) is 18.7 Å². The fourth-order valence-corrected chi connectivity index (χ4v) is 2.08. The molecule has 1 unspecified atom stereocenters. The van der Waals surface area contributed by atoms with Crippen molar-refractivity contribution in [2.75, 3.05) is 24.6 Å². The highest BCUT2D eigenvalue weighted by molar-refractivity contribution is 5.76. The molecule has 0 aliphatic carbocycles. The number of carbonyl (C=O) groups is 1. The van der Waals surface area contributed by atoms with Gasteiger partial charge in [0.1, 0.15) is 11.8 Å². The van der Waals surface area contributed by atoms with Crippen molar-refractivity contribution in [3.05, 3.63) is 23.8 Å². The molecule has 0 amide bonds. The summed E-state index contributed by atoms with van der Waals surface area (Å²) in [6.07, 6.45) is 0.267. The summed E-state index contributed by atoms with van der Waals surface area (Å²) in [5, 5.41) is 10.1. The molecule has 0 saturated heterocycles. The SMILES string of the molecule is CCOC(=O)C(N)Cc1ccc(N(CC)CC)cc1O. The second kappa shape index (κ2) is 7.75. The molecule has 112 valence electrons. The van der Waals surface area contributed by atoms with Crippen LogP contribution in [0.3, 0.4) is 0 Å². The Balaban J connectivity index is 2.80. The van der Waals surface area contributed by atoms with Crippen LogP contribution in [-0.2, 0) is 16.0 Å². The number of phenols is 1. The summed E-state index contributed by atoms with van der Waals surface area (Å²) < 4.78 is 4.86. The van der Waals surface area contributed by atoms with E-state index in [9.17, 15) is 9.90 Å². The first-order valence-electron chi connectivity index (χ1n) is 7.02. The molecular weight excluding hydrogens is 256 g/mol. The number of esters is 1. The minimum Gasteiger partial charge on any atom is -0.508 e. The minimum absolute atomic E-state index is 0.161. The standard InChI is InChI=1S/C15H24N2O3/c1-4-17(5-2)12-8-7-11(14(18)10-12)9-13(16)15(19)20-6-3/h7-8,10,13,18H,4-6,9,16H2,1-3H3. The third-order valence-corrected chi connectivity index (χ3v) is 3.23. The van der Waals surface area contributed by atoms with Gasteiger partial charge in [-0.15, -0.1) is 0 Å². The van der Waals surface area contributed by atoms with Crippen LogP contribution in [0.2, 0.25) is 0 Å². The number of phenolic OH excluding ortho intramolecular Hbond substituents is 1. The lowest BCUT2D eigenvalue weighted by molar-refractivity contribution is -0.144. The topological polar surface area (TPSA) is 75.8 Å². The fourth-order valence-electron chi connectivity index (χ4n) is 2.08. The van der Waals surface area contributed by atoms with Gasteiger partial charge in [-0.3, -0.25) is 4.79 Å². The molecule has 0 radical (unpaired) electrons. The summed E-state index contributed by atoms with van der Waals surface area (Å²) in [6.45, 7) is 7.91. The Morgan fingerprint density at radius 2 is 2.00 bits per heavy atom. The minimum atomic E-state index is -0.750. The molecule has 1 aromatic carbocycles. The van der Waals surface area contributed by atoms with E-state index in [1.807, 2.05) is 12.1 Å². The highest BCUT2D eigenvalue weighted by Crippen LogP contribution is 2.25. The van der Waals surface area contributed by atoms with E-state index in [0.29, 0.717) is 12.2 Å². The van der Waals surface area contributed by atoms with Crippen molar-refractivity contribution in [2.45, 2.75) is 33.2 Å². The number of nitrogens with two attached hydrogens (primary N) is 1. The van der Waals surface area contributed by atoms with Gasteiger partial charge >= 0.3 is 5.97 Å². The molecule has 1 aromatic rings. The van der Waals surface area contributed by atoms with Gasteiger partial charge in [0.05, 0.1) is 6.61 Å². The van der Waals surface area contributed by atoms with E-state index >= 15 is 0 Å². The molecule has 0 saturated carbocycles. The van der Waals surface area contributed by atoms with Crippen molar-refractivity contribution in [3.8, 4) is 5.75 Å². The Morgan fingerprint density at radius 1 is 1.35 bits per heavy atom. The Morgan fingerprint density at radius 3 is 2.50 bits per heavy atom. The fraction of sp³-hybridized carbons (Fsp3) is 0.533. The number of nitrogens with zero attached hydrogens (tertiary/aromatic N) is 1. The van der Waals surface area contributed by atoms with Gasteiger partial charge in [0.25, 0.3) is 0 Å². The monoisotopic (exact) mass is 280 g/mol. The highest BCUT2D eigenvalue weighted by atomic mass is 16.5. The summed E-state index contributed by atoms with van der Waals surface area (Å²) in [7, 11) is 0. The number of hydrogen-bond donors (Lipinski definition) is 2. The number of anilines is 1. The molecule has 3 N–H and O–H groups in total. The van der Waals surface area contributed by atoms with Gasteiger partial charge in [-0.05, 0) is 32.4 Å². The molecule has 0 fully saturated rings. The molecular formula is C15H24N2O3. The van der Waals surface area contributed by atoms with Crippen molar-refractivity contribution in [1.29, 1.82) is 0 Å². The van der Waals surface area contributed by atoms with Crippen molar-refractivity contribution in [2.24, 2.45) is 5.73 Å². The largest absolute Gasteiger partial charge is 0.508 e. The van der Waals surface area contributed by atoms with E-state index in [4.69, 9.17) is 10.5 Å². The summed E-state index contributed by atoms with van der Waals surface area (Å²) >= 11 is 0. The van der Waals surface area contributed by atoms with Crippen LogP contribution in [0.15, 0.2) is 18.2 Å². The normalized spacial score (nSPS) is 12.0. The average Bonchev–Trinajstić information content (AvgIpc) is 2.43. The van der Waals surface area contributed by atoms with Crippen LogP contribution in [-0.4, -0.2) is 36.8 Å². The Labute approximate surface area is 120 Å². The molecule has 0 heterocycles. The summed E-state index contributed by atoms with van der Waals surface area (Å²) in [5.74, 6) is -0.283. The molecule has 0 bridgehead atoms. The molecule has 1 rings (SSSR count). The smallest absolute Gasteiger partial charge is 0.323 e. The van der Waals surface area contributed by atoms with E-state index in [0.717, 1.165) is 18.8 Å². The van der Waals surface area contributed by atoms with E-state index in [-0.39, 0.29) is 12.2 Å². The molecule has 0 spiro atoms. The van der Waals surface area contributed by atoms with Gasteiger partial charge in [0.2, 0.25) is 0 Å². The lowest BCUT2D eigenvalue weighted by Gasteiger charge is -2.22. The molecule has 20 heavy (non-hydrogen) atoms. The first-order valence-corrected chi connectivity index (χ1v) is 7.02. The Hall–Kier alpha value is -1.75. The van der Waals surface area contributed by atoms with Gasteiger partial charge in [0.15, 0.2) is 0 Å². The third kappa shape index (κ3) is 4.13. The summed E-state index contributed by atoms with van der Waals surface area (Å²) in [5.41, 5.74) is 7.37. The zero-order valence-electron chi connectivity index (χ0n) is 12.4. The second-order valence-electron chi connectivity index (χ2n) is 4.55. The van der Waals surface area contributed by atoms with Crippen LogP contribution in [0, 0.1) is 0 Å². The van der Waals surface area contributed by atoms with Gasteiger partial charge in [-0.25, -0.2) is 0 Å². The molecule has 0 aromatic heterocycles. The molecule has 0 aliphatic rings. The van der Waals surface area contributed by atoms with Crippen molar-refractivity contribution >= 4 is 11.7 Å². The number of carbonyl (C=O) groups excluding carboxylic acids is 1. The molecule has 1 atom stereocenters. The number of hydrogen-bond acceptors (Lipinski definition) is 5. The lowest BCUT2D eigenvalue weighted by atomic mass is 10.0. The van der Waals surface area contributed by atoms with Crippen molar-refractivity contribution in [1.82, 2.24) is 0 Å². The first-order chi connectivity index (χ1) is 9.53. The third-order valence-electron chi connectivity index (χ3n) is 3.23. The maximum Gasteiger partial charge on any atom is 0.323 e.